The Kier molecular flexibility index (Phi) is 10.3. The molecule has 1 unspecified atom stereocenters. The molecule has 232 valence electrons. The Hall–Kier alpha value is -3.24. The van der Waals surface area contributed by atoms with Gasteiger partial charge in [0.25, 0.3) is 0 Å². The van der Waals surface area contributed by atoms with Gasteiger partial charge < -0.3 is 15.5 Å². The zero-order chi connectivity index (χ0) is 30.3. The lowest BCUT2D eigenvalue weighted by Gasteiger charge is -2.36. The maximum atomic E-state index is 13.5. The maximum Gasteiger partial charge on any atom is 0.223 e. The second kappa shape index (κ2) is 14.7. The summed E-state index contributed by atoms with van der Waals surface area (Å²) in [5.41, 5.74) is 3.24. The van der Waals surface area contributed by atoms with Crippen molar-refractivity contribution in [1.29, 1.82) is 0 Å². The van der Waals surface area contributed by atoms with Crippen LogP contribution >= 0.6 is 0 Å². The zero-order valence-electron chi connectivity index (χ0n) is 26.2. The fourth-order valence-electron chi connectivity index (χ4n) is 7.39. The van der Waals surface area contributed by atoms with E-state index in [2.05, 4.69) is 75.6 Å². The summed E-state index contributed by atoms with van der Waals surface area (Å²) < 4.78 is 13.5. The highest BCUT2D eigenvalue weighted by Gasteiger charge is 2.28. The summed E-state index contributed by atoms with van der Waals surface area (Å²) in [6.45, 7) is 10.4. The van der Waals surface area contributed by atoms with Gasteiger partial charge in [-0.25, -0.2) is 4.39 Å². The van der Waals surface area contributed by atoms with Gasteiger partial charge in [0.15, 0.2) is 0 Å². The molecule has 0 aliphatic carbocycles. The number of benzene rings is 3. The minimum atomic E-state index is -0.273. The third kappa shape index (κ3) is 7.69. The van der Waals surface area contributed by atoms with Crippen molar-refractivity contribution in [2.75, 3.05) is 45.8 Å². The zero-order valence-corrected chi connectivity index (χ0v) is 26.2. The van der Waals surface area contributed by atoms with E-state index >= 15 is 0 Å². The molecule has 5 nitrogen and oxygen atoms in total. The fraction of sp³-hybridized carbons (Fsp3) is 0.500. The van der Waals surface area contributed by atoms with Gasteiger partial charge in [0, 0.05) is 36.5 Å². The number of carbonyl (C=O) groups excluding carboxylic acids is 1. The molecule has 0 spiro atoms. The minimum absolute atomic E-state index is 0.00201. The van der Waals surface area contributed by atoms with Crippen LogP contribution in [-0.2, 0) is 11.3 Å². The van der Waals surface area contributed by atoms with Gasteiger partial charge in [-0.2, -0.15) is 0 Å². The van der Waals surface area contributed by atoms with E-state index in [4.69, 9.17) is 0 Å². The van der Waals surface area contributed by atoms with Crippen LogP contribution in [0.1, 0.15) is 68.2 Å². The Balaban J connectivity index is 1.04. The molecule has 2 N–H and O–H groups in total. The largest absolute Gasteiger partial charge is 0.352 e. The average molecular weight is 595 g/mol. The van der Waals surface area contributed by atoms with Gasteiger partial charge in [-0.15, -0.1) is 0 Å². The van der Waals surface area contributed by atoms with Gasteiger partial charge in [-0.05, 0) is 131 Å². The Morgan fingerprint density at radius 3 is 2.43 bits per heavy atom. The third-order valence-electron chi connectivity index (χ3n) is 10.2. The molecule has 3 aliphatic heterocycles. The molecule has 3 fully saturated rings. The van der Waals surface area contributed by atoms with Gasteiger partial charge in [0.1, 0.15) is 5.82 Å². The summed E-state index contributed by atoms with van der Waals surface area (Å²) in [6.07, 6.45) is 6.63. The second-order valence-corrected chi connectivity index (χ2v) is 13.1. The predicted octanol–water partition coefficient (Wildman–Crippen LogP) is 6.13. The van der Waals surface area contributed by atoms with E-state index in [9.17, 15) is 9.18 Å². The van der Waals surface area contributed by atoms with Crippen LogP contribution < -0.4 is 10.6 Å². The molecule has 0 bridgehead atoms. The van der Waals surface area contributed by atoms with Crippen molar-refractivity contribution in [3.63, 3.8) is 0 Å². The van der Waals surface area contributed by atoms with E-state index in [1.165, 1.54) is 86.9 Å². The number of nitrogens with one attached hydrogen (secondary N) is 2. The Morgan fingerprint density at radius 1 is 0.932 bits per heavy atom. The molecular weight excluding hydrogens is 547 g/mol. The van der Waals surface area contributed by atoms with Gasteiger partial charge in [0.05, 0.1) is 0 Å². The highest BCUT2D eigenvalue weighted by Crippen LogP contribution is 2.33. The van der Waals surface area contributed by atoms with E-state index in [0.29, 0.717) is 12.5 Å². The second-order valence-electron chi connectivity index (χ2n) is 13.1. The van der Waals surface area contributed by atoms with Crippen LogP contribution in [0.5, 0.6) is 0 Å². The number of rotatable bonds is 7. The molecule has 6 rings (SSSR count). The highest BCUT2D eigenvalue weighted by molar-refractivity contribution is 5.91. The molecule has 0 radical (unpaired) electrons. The number of carbonyl (C=O) groups is 1. The first-order chi connectivity index (χ1) is 21.5. The monoisotopic (exact) mass is 594 g/mol. The van der Waals surface area contributed by atoms with Gasteiger partial charge in [-0.1, -0.05) is 54.3 Å². The Labute approximate surface area is 262 Å². The number of hydrogen-bond donors (Lipinski definition) is 2. The van der Waals surface area contributed by atoms with E-state index < -0.39 is 0 Å². The number of amides is 1. The topological polar surface area (TPSA) is 47.6 Å². The number of piperidine rings is 3. The van der Waals surface area contributed by atoms with Crippen molar-refractivity contribution in [2.24, 2.45) is 17.8 Å². The van der Waals surface area contributed by atoms with Crippen molar-refractivity contribution in [3.05, 3.63) is 83.2 Å². The number of nitrogens with zero attached hydrogens (tertiary/aromatic N) is 2. The predicted molar refractivity (Wildman–Crippen MR) is 177 cm³/mol. The van der Waals surface area contributed by atoms with Crippen LogP contribution in [0, 0.1) is 35.4 Å². The van der Waals surface area contributed by atoms with Crippen molar-refractivity contribution in [3.8, 4) is 11.8 Å². The van der Waals surface area contributed by atoms with Crippen LogP contribution in [0.25, 0.3) is 10.8 Å². The molecule has 3 aromatic rings. The summed E-state index contributed by atoms with van der Waals surface area (Å²) in [5, 5.41) is 9.01. The van der Waals surface area contributed by atoms with Crippen molar-refractivity contribution < 1.29 is 9.18 Å². The third-order valence-corrected chi connectivity index (χ3v) is 10.2. The number of hydrogen-bond acceptors (Lipinski definition) is 4. The standard InChI is InChI=1S/C38H47FN4O/c1-28(43-23-17-33(18-24-43)38(44)41-26-31-5-4-6-34(39)25-31)35-12-11-32(36-7-2-3-8-37(35)36)10-9-29-15-21-42(22-16-29)27-30-13-19-40-20-14-30/h2-8,11-12,25,28-30,33,40H,13-24,26-27H2,1H3,(H,41,44). The van der Waals surface area contributed by atoms with Crippen LogP contribution in [0.4, 0.5) is 4.39 Å². The molecule has 1 atom stereocenters. The van der Waals surface area contributed by atoms with E-state index in [1.807, 2.05) is 6.07 Å². The summed E-state index contributed by atoms with van der Waals surface area (Å²) in [4.78, 5) is 18.0. The molecule has 0 saturated carbocycles. The summed E-state index contributed by atoms with van der Waals surface area (Å²) >= 11 is 0. The van der Waals surface area contributed by atoms with E-state index in [0.717, 1.165) is 43.0 Å². The summed E-state index contributed by atoms with van der Waals surface area (Å²) in [5.74, 6) is 8.37. The van der Waals surface area contributed by atoms with Crippen LogP contribution in [0.3, 0.4) is 0 Å². The van der Waals surface area contributed by atoms with Crippen LogP contribution in [0.15, 0.2) is 60.7 Å². The Morgan fingerprint density at radius 2 is 1.68 bits per heavy atom. The average Bonchev–Trinajstić information content (AvgIpc) is 3.07. The molecule has 6 heteroatoms. The summed E-state index contributed by atoms with van der Waals surface area (Å²) in [6, 6.07) is 19.9. The quantitative estimate of drug-likeness (QED) is 0.323. The van der Waals surface area contributed by atoms with Gasteiger partial charge in [0.2, 0.25) is 5.91 Å². The van der Waals surface area contributed by atoms with Crippen molar-refractivity contribution in [2.45, 2.75) is 58.0 Å². The molecule has 3 heterocycles. The molecule has 3 saturated heterocycles. The number of likely N-dealkylation sites (tertiary alicyclic amines) is 2. The summed E-state index contributed by atoms with van der Waals surface area (Å²) in [7, 11) is 0. The maximum absolute atomic E-state index is 13.5. The fourth-order valence-corrected chi connectivity index (χ4v) is 7.39. The SMILES string of the molecule is CC(c1ccc(C#CC2CCN(CC3CCNCC3)CC2)c2ccccc12)N1CCC(C(=O)NCc2cccc(F)c2)CC1. The first-order valence-electron chi connectivity index (χ1n) is 16.8. The number of fused-ring (bicyclic) bond motifs is 1. The van der Waals surface area contributed by atoms with E-state index in [1.54, 1.807) is 6.07 Å². The first-order valence-corrected chi connectivity index (χ1v) is 16.8. The van der Waals surface area contributed by atoms with Crippen molar-refractivity contribution in [1.82, 2.24) is 20.4 Å². The lowest BCUT2D eigenvalue weighted by atomic mass is 9.91. The first kappa shape index (κ1) is 30.8. The molecule has 44 heavy (non-hydrogen) atoms. The van der Waals surface area contributed by atoms with Crippen LogP contribution in [-0.4, -0.2) is 61.5 Å². The smallest absolute Gasteiger partial charge is 0.223 e. The normalized spacial score (nSPS) is 20.2. The highest BCUT2D eigenvalue weighted by atomic mass is 19.1. The lowest BCUT2D eigenvalue weighted by Crippen LogP contribution is -2.41. The van der Waals surface area contributed by atoms with Gasteiger partial charge in [-0.3, -0.25) is 9.69 Å². The minimum Gasteiger partial charge on any atom is -0.352 e. The van der Waals surface area contributed by atoms with Gasteiger partial charge >= 0.3 is 0 Å². The lowest BCUT2D eigenvalue weighted by molar-refractivity contribution is -0.126. The number of halogens is 1. The molecular formula is C38H47FN4O. The molecule has 1 amide bonds. The van der Waals surface area contributed by atoms with Crippen LogP contribution in [0.2, 0.25) is 0 Å². The van der Waals surface area contributed by atoms with E-state index in [-0.39, 0.29) is 23.7 Å². The van der Waals surface area contributed by atoms with Crippen molar-refractivity contribution >= 4 is 16.7 Å². The Bertz CT molecular complexity index is 1470. The molecule has 3 aliphatic rings. The molecule has 3 aromatic carbocycles. The molecule has 0 aromatic heterocycles.